The Morgan fingerprint density at radius 3 is 2.84 bits per heavy atom. The summed E-state index contributed by atoms with van der Waals surface area (Å²) in [6, 6.07) is 0.531. The van der Waals surface area contributed by atoms with Crippen molar-refractivity contribution in [3.8, 4) is 0 Å². The van der Waals surface area contributed by atoms with Gasteiger partial charge in [-0.1, -0.05) is 13.3 Å². The van der Waals surface area contributed by atoms with Gasteiger partial charge in [-0.25, -0.2) is 0 Å². The third-order valence-corrected chi connectivity index (χ3v) is 4.81. The fourth-order valence-electron chi connectivity index (χ4n) is 3.70. The van der Waals surface area contributed by atoms with Gasteiger partial charge in [0, 0.05) is 6.04 Å². The van der Waals surface area contributed by atoms with Crippen LogP contribution in [0.15, 0.2) is 0 Å². The van der Waals surface area contributed by atoms with Gasteiger partial charge in [0.25, 0.3) is 0 Å². The van der Waals surface area contributed by atoms with E-state index < -0.39 is 5.54 Å². The van der Waals surface area contributed by atoms with Crippen molar-refractivity contribution >= 4 is 5.97 Å². The molecule has 2 rings (SSSR count). The van der Waals surface area contributed by atoms with Crippen molar-refractivity contribution in [1.29, 1.82) is 0 Å². The second-order valence-corrected chi connectivity index (χ2v) is 5.94. The van der Waals surface area contributed by atoms with Gasteiger partial charge in [-0.2, -0.15) is 0 Å². The molecule has 2 atom stereocenters. The van der Waals surface area contributed by atoms with Crippen LogP contribution in [-0.2, 0) is 9.53 Å². The minimum Gasteiger partial charge on any atom is -0.468 e. The molecular formula is C15H28N2O2. The van der Waals surface area contributed by atoms with Gasteiger partial charge in [0.05, 0.1) is 7.11 Å². The molecule has 0 bridgehead atoms. The van der Waals surface area contributed by atoms with Gasteiger partial charge in [0.15, 0.2) is 0 Å². The van der Waals surface area contributed by atoms with Gasteiger partial charge >= 0.3 is 5.97 Å². The summed E-state index contributed by atoms with van der Waals surface area (Å²) in [5.41, 5.74) is -0.428. The summed E-state index contributed by atoms with van der Waals surface area (Å²) in [5, 5.41) is 3.47. The van der Waals surface area contributed by atoms with Gasteiger partial charge < -0.3 is 15.0 Å². The highest BCUT2D eigenvalue weighted by Gasteiger charge is 2.43. The van der Waals surface area contributed by atoms with E-state index in [2.05, 4.69) is 17.1 Å². The average Bonchev–Trinajstić information content (AvgIpc) is 2.48. The van der Waals surface area contributed by atoms with Crippen molar-refractivity contribution in [2.24, 2.45) is 0 Å². The van der Waals surface area contributed by atoms with Crippen molar-refractivity contribution in [2.75, 3.05) is 26.7 Å². The van der Waals surface area contributed by atoms with Crippen LogP contribution in [0.4, 0.5) is 0 Å². The quantitative estimate of drug-likeness (QED) is 0.791. The Balaban J connectivity index is 2.08. The topological polar surface area (TPSA) is 41.6 Å². The van der Waals surface area contributed by atoms with Crippen molar-refractivity contribution in [3.05, 3.63) is 0 Å². The lowest BCUT2D eigenvalue weighted by Gasteiger charge is -2.43. The normalized spacial score (nSPS) is 33.1. The van der Waals surface area contributed by atoms with Crippen LogP contribution in [0.1, 0.15) is 51.9 Å². The predicted octanol–water partition coefficient (Wildman–Crippen LogP) is 1.94. The number of carbonyl (C=O) groups is 1. The number of ether oxygens (including phenoxy) is 1. The van der Waals surface area contributed by atoms with Gasteiger partial charge in [-0.15, -0.1) is 0 Å². The number of hydrogen-bond acceptors (Lipinski definition) is 4. The number of rotatable bonds is 4. The Morgan fingerprint density at radius 1 is 1.37 bits per heavy atom. The molecule has 0 aromatic rings. The molecule has 2 aliphatic heterocycles. The summed E-state index contributed by atoms with van der Waals surface area (Å²) >= 11 is 0. The van der Waals surface area contributed by atoms with Crippen molar-refractivity contribution < 1.29 is 9.53 Å². The first-order valence-electron chi connectivity index (χ1n) is 7.79. The summed E-state index contributed by atoms with van der Waals surface area (Å²) in [5.74, 6) is -0.0613. The Morgan fingerprint density at radius 2 is 2.21 bits per heavy atom. The fraction of sp³-hybridized carbons (Fsp3) is 0.933. The lowest BCUT2D eigenvalue weighted by molar-refractivity contribution is -0.151. The van der Waals surface area contributed by atoms with Crippen LogP contribution in [0, 0.1) is 0 Å². The number of nitrogens with zero attached hydrogens (tertiary/aromatic N) is 1. The number of nitrogens with one attached hydrogen (secondary N) is 1. The summed E-state index contributed by atoms with van der Waals surface area (Å²) in [4.78, 5) is 14.8. The fourth-order valence-corrected chi connectivity index (χ4v) is 3.70. The standard InChI is InChI=1S/C15H28N2O2/c1-3-17-11-7-4-8-13(17)12-15(14(18)19-2)9-5-6-10-16-15/h13,16H,3-12H2,1-2H3. The minimum absolute atomic E-state index is 0.0613. The number of hydrogen-bond donors (Lipinski definition) is 1. The monoisotopic (exact) mass is 268 g/mol. The lowest BCUT2D eigenvalue weighted by Crippen LogP contribution is -2.59. The van der Waals surface area contributed by atoms with Crippen LogP contribution in [0.2, 0.25) is 0 Å². The number of esters is 1. The molecule has 4 nitrogen and oxygen atoms in total. The lowest BCUT2D eigenvalue weighted by atomic mass is 9.80. The molecule has 19 heavy (non-hydrogen) atoms. The van der Waals surface area contributed by atoms with Gasteiger partial charge in [-0.05, 0) is 58.2 Å². The molecule has 2 aliphatic rings. The molecule has 0 saturated carbocycles. The first-order valence-corrected chi connectivity index (χ1v) is 7.79. The Kier molecular flexibility index (Phi) is 5.22. The summed E-state index contributed by atoms with van der Waals surface area (Å²) < 4.78 is 5.08. The largest absolute Gasteiger partial charge is 0.468 e. The molecule has 110 valence electrons. The molecule has 2 fully saturated rings. The van der Waals surface area contributed by atoms with Crippen LogP contribution in [0.25, 0.3) is 0 Å². The van der Waals surface area contributed by atoms with Crippen LogP contribution in [0.3, 0.4) is 0 Å². The maximum atomic E-state index is 12.3. The van der Waals surface area contributed by atoms with Crippen molar-refractivity contribution in [3.63, 3.8) is 0 Å². The zero-order chi connectivity index (χ0) is 13.7. The van der Waals surface area contributed by atoms with E-state index in [0.717, 1.165) is 32.4 Å². The van der Waals surface area contributed by atoms with E-state index in [1.54, 1.807) is 0 Å². The second kappa shape index (κ2) is 6.71. The maximum absolute atomic E-state index is 12.3. The number of piperidine rings is 2. The molecule has 0 aliphatic carbocycles. The SMILES string of the molecule is CCN1CCCCC1CC1(C(=O)OC)CCCCN1. The summed E-state index contributed by atoms with van der Waals surface area (Å²) in [6.45, 7) is 5.42. The molecule has 2 heterocycles. The second-order valence-electron chi connectivity index (χ2n) is 5.94. The summed E-state index contributed by atoms with van der Waals surface area (Å²) in [6.07, 6.45) is 7.93. The molecule has 2 unspecified atom stereocenters. The third kappa shape index (κ3) is 3.29. The van der Waals surface area contributed by atoms with E-state index in [-0.39, 0.29) is 5.97 Å². The molecule has 0 radical (unpaired) electrons. The van der Waals surface area contributed by atoms with Gasteiger partial charge in [0.2, 0.25) is 0 Å². The van der Waals surface area contributed by atoms with E-state index in [1.807, 2.05) is 0 Å². The number of methoxy groups -OCH3 is 1. The van der Waals surface area contributed by atoms with Gasteiger partial charge in [-0.3, -0.25) is 4.79 Å². The molecule has 0 amide bonds. The predicted molar refractivity (Wildman–Crippen MR) is 76.1 cm³/mol. The third-order valence-electron chi connectivity index (χ3n) is 4.81. The van der Waals surface area contributed by atoms with Crippen LogP contribution in [-0.4, -0.2) is 49.2 Å². The van der Waals surface area contributed by atoms with Crippen LogP contribution in [0.5, 0.6) is 0 Å². The molecular weight excluding hydrogens is 240 g/mol. The number of carbonyl (C=O) groups excluding carboxylic acids is 1. The zero-order valence-electron chi connectivity index (χ0n) is 12.4. The molecule has 4 heteroatoms. The Hall–Kier alpha value is -0.610. The Bertz CT molecular complexity index is 301. The first kappa shape index (κ1) is 14.8. The van der Waals surface area contributed by atoms with Crippen molar-refractivity contribution in [1.82, 2.24) is 10.2 Å². The Labute approximate surface area is 116 Å². The molecule has 0 aromatic heterocycles. The highest BCUT2D eigenvalue weighted by molar-refractivity contribution is 5.81. The zero-order valence-corrected chi connectivity index (χ0v) is 12.4. The van der Waals surface area contributed by atoms with Crippen LogP contribution >= 0.6 is 0 Å². The highest BCUT2D eigenvalue weighted by Crippen LogP contribution is 2.31. The van der Waals surface area contributed by atoms with Crippen molar-refractivity contribution in [2.45, 2.75) is 63.5 Å². The number of likely N-dealkylation sites (tertiary alicyclic amines) is 1. The molecule has 0 spiro atoms. The smallest absolute Gasteiger partial charge is 0.326 e. The average molecular weight is 268 g/mol. The minimum atomic E-state index is -0.428. The van der Waals surface area contributed by atoms with E-state index in [1.165, 1.54) is 39.3 Å². The molecule has 0 aromatic carbocycles. The van der Waals surface area contributed by atoms with E-state index in [4.69, 9.17) is 4.74 Å². The molecule has 1 N–H and O–H groups in total. The molecule has 2 saturated heterocycles. The van der Waals surface area contributed by atoms with Gasteiger partial charge in [0.1, 0.15) is 5.54 Å². The highest BCUT2D eigenvalue weighted by atomic mass is 16.5. The van der Waals surface area contributed by atoms with Crippen LogP contribution < -0.4 is 5.32 Å². The van der Waals surface area contributed by atoms with E-state index >= 15 is 0 Å². The maximum Gasteiger partial charge on any atom is 0.326 e. The van der Waals surface area contributed by atoms with E-state index in [0.29, 0.717) is 6.04 Å². The summed E-state index contributed by atoms with van der Waals surface area (Å²) in [7, 11) is 1.51. The van der Waals surface area contributed by atoms with E-state index in [9.17, 15) is 4.79 Å². The first-order chi connectivity index (χ1) is 9.22.